The lowest BCUT2D eigenvalue weighted by Crippen LogP contribution is -2.58. The molecular formula is C37H41N9O6. The normalized spacial score (nSPS) is 16.4. The SMILES string of the molecule is O=C(Cc1ccccc1)N[C@H](C(=O)N[C@@H](CCC(=O)OCc1ccccc1)C(=O)N1c2ncccc2C[C@H]1C(=O)NCc1nn[nH]n1)C1CCCC1. The van der Waals surface area contributed by atoms with E-state index in [4.69, 9.17) is 4.74 Å². The molecule has 3 heterocycles. The first kappa shape index (κ1) is 35.8. The zero-order valence-corrected chi connectivity index (χ0v) is 28.6. The number of tetrazole rings is 1. The van der Waals surface area contributed by atoms with Crippen LogP contribution in [0, 0.1) is 5.92 Å². The maximum Gasteiger partial charge on any atom is 0.306 e. The van der Waals surface area contributed by atoms with Gasteiger partial charge in [-0.2, -0.15) is 5.21 Å². The Morgan fingerprint density at radius 2 is 1.63 bits per heavy atom. The van der Waals surface area contributed by atoms with Crippen LogP contribution in [-0.2, 0) is 54.7 Å². The molecule has 1 saturated carbocycles. The Kier molecular flexibility index (Phi) is 11.9. The predicted octanol–water partition coefficient (Wildman–Crippen LogP) is 2.09. The summed E-state index contributed by atoms with van der Waals surface area (Å²) >= 11 is 0. The summed E-state index contributed by atoms with van der Waals surface area (Å²) in [5.74, 6) is -2.13. The van der Waals surface area contributed by atoms with Crippen LogP contribution in [0.3, 0.4) is 0 Å². The van der Waals surface area contributed by atoms with E-state index in [-0.39, 0.29) is 62.3 Å². The second kappa shape index (κ2) is 17.3. The number of hydrogen-bond donors (Lipinski definition) is 4. The molecule has 15 heteroatoms. The molecule has 0 radical (unpaired) electrons. The smallest absolute Gasteiger partial charge is 0.306 e. The van der Waals surface area contributed by atoms with E-state index >= 15 is 0 Å². The largest absolute Gasteiger partial charge is 0.461 e. The summed E-state index contributed by atoms with van der Waals surface area (Å²) in [5, 5.41) is 22.1. The Labute approximate surface area is 300 Å². The molecule has 1 aliphatic carbocycles. The Morgan fingerprint density at radius 1 is 0.904 bits per heavy atom. The Balaban J connectivity index is 1.22. The van der Waals surface area contributed by atoms with Crippen LogP contribution < -0.4 is 20.9 Å². The molecule has 1 fully saturated rings. The lowest BCUT2D eigenvalue weighted by atomic mass is 9.96. The molecule has 15 nitrogen and oxygen atoms in total. The van der Waals surface area contributed by atoms with Gasteiger partial charge in [-0.3, -0.25) is 28.9 Å². The zero-order chi connectivity index (χ0) is 36.3. The quantitative estimate of drug-likeness (QED) is 0.133. The maximum atomic E-state index is 14.6. The molecule has 2 aromatic carbocycles. The van der Waals surface area contributed by atoms with Crippen LogP contribution in [0.15, 0.2) is 79.0 Å². The number of rotatable bonds is 15. The number of esters is 1. The van der Waals surface area contributed by atoms with Crippen LogP contribution in [0.25, 0.3) is 0 Å². The van der Waals surface area contributed by atoms with Gasteiger partial charge in [-0.05, 0) is 47.9 Å². The number of aromatic amines is 1. The van der Waals surface area contributed by atoms with Gasteiger partial charge in [0.05, 0.1) is 13.0 Å². The number of anilines is 1. The summed E-state index contributed by atoms with van der Waals surface area (Å²) in [4.78, 5) is 74.2. The van der Waals surface area contributed by atoms with Gasteiger partial charge >= 0.3 is 5.97 Å². The molecule has 4 aromatic rings. The highest BCUT2D eigenvalue weighted by atomic mass is 16.5. The Hall–Kier alpha value is -5.99. The fourth-order valence-electron chi connectivity index (χ4n) is 6.72. The van der Waals surface area contributed by atoms with Crippen molar-refractivity contribution in [2.45, 2.75) is 82.6 Å². The number of H-pyrrole nitrogens is 1. The zero-order valence-electron chi connectivity index (χ0n) is 28.6. The summed E-state index contributed by atoms with van der Waals surface area (Å²) in [6.07, 6.45) is 4.76. The van der Waals surface area contributed by atoms with Gasteiger partial charge in [-0.15, -0.1) is 10.2 Å². The minimum absolute atomic E-state index is 0.0309. The highest BCUT2D eigenvalue weighted by Crippen LogP contribution is 2.32. The van der Waals surface area contributed by atoms with Crippen molar-refractivity contribution in [3.05, 3.63) is 102 Å². The number of benzene rings is 2. The van der Waals surface area contributed by atoms with E-state index in [0.29, 0.717) is 5.56 Å². The standard InChI is InChI=1S/C37H41N9O6/c47-31(20-24-10-3-1-4-11-24)41-33(26-14-7-8-15-26)36(50)40-28(17-18-32(48)52-23-25-12-5-2-6-13-25)37(51)46-29(21-27-16-9-19-38-34(27)46)35(49)39-22-30-42-44-45-43-30/h1-6,9-13,16,19,26,28-29,33H,7-8,14-15,17-18,20-23H2,(H,39,49)(H,40,50)(H,41,47)(H,42,43,44,45)/t28-,29-,33-/m0/s1. The third-order valence-corrected chi connectivity index (χ3v) is 9.34. The number of nitrogens with zero attached hydrogens (tertiary/aromatic N) is 5. The molecule has 270 valence electrons. The molecule has 2 aromatic heterocycles. The van der Waals surface area contributed by atoms with Crippen LogP contribution in [0.5, 0.6) is 0 Å². The summed E-state index contributed by atoms with van der Waals surface area (Å²) < 4.78 is 5.48. The molecule has 3 atom stereocenters. The number of hydrogen-bond acceptors (Lipinski definition) is 10. The van der Waals surface area contributed by atoms with Gasteiger partial charge in [-0.1, -0.05) is 84.8 Å². The first-order chi connectivity index (χ1) is 25.4. The van der Waals surface area contributed by atoms with Crippen LogP contribution in [0.1, 0.15) is 61.0 Å². The summed E-state index contributed by atoms with van der Waals surface area (Å²) in [6.45, 7) is 0.0185. The molecule has 0 unspecified atom stereocenters. The molecule has 6 rings (SSSR count). The van der Waals surface area contributed by atoms with Gasteiger partial charge in [-0.25, -0.2) is 4.98 Å². The highest BCUT2D eigenvalue weighted by molar-refractivity contribution is 6.06. The summed E-state index contributed by atoms with van der Waals surface area (Å²) in [7, 11) is 0. The molecule has 0 saturated heterocycles. The van der Waals surface area contributed by atoms with Gasteiger partial charge in [0, 0.05) is 19.0 Å². The topological polar surface area (TPSA) is 201 Å². The van der Waals surface area contributed by atoms with Crippen LogP contribution >= 0.6 is 0 Å². The molecular weight excluding hydrogens is 666 g/mol. The second-order valence-corrected chi connectivity index (χ2v) is 13.0. The minimum atomic E-state index is -1.26. The third kappa shape index (κ3) is 9.21. The minimum Gasteiger partial charge on any atom is -0.461 e. The highest BCUT2D eigenvalue weighted by Gasteiger charge is 2.43. The van der Waals surface area contributed by atoms with Crippen molar-refractivity contribution in [2.75, 3.05) is 4.90 Å². The second-order valence-electron chi connectivity index (χ2n) is 13.0. The van der Waals surface area contributed by atoms with Gasteiger partial charge in [0.25, 0.3) is 5.91 Å². The number of pyridine rings is 1. The molecule has 4 N–H and O–H groups in total. The van der Waals surface area contributed by atoms with E-state index in [9.17, 15) is 24.0 Å². The number of ether oxygens (including phenoxy) is 1. The van der Waals surface area contributed by atoms with Gasteiger partial charge in [0.1, 0.15) is 30.6 Å². The van der Waals surface area contributed by atoms with E-state index in [0.717, 1.165) is 36.8 Å². The van der Waals surface area contributed by atoms with Crippen molar-refractivity contribution < 1.29 is 28.7 Å². The lowest BCUT2D eigenvalue weighted by molar-refractivity contribution is -0.145. The van der Waals surface area contributed by atoms with Crippen LogP contribution in [0.2, 0.25) is 0 Å². The fourth-order valence-corrected chi connectivity index (χ4v) is 6.72. The average Bonchev–Trinajstić information content (AvgIpc) is 3.96. The number of carbonyl (C=O) groups is 5. The summed E-state index contributed by atoms with van der Waals surface area (Å²) in [6, 6.07) is 18.7. The average molecular weight is 708 g/mol. The molecule has 4 amide bonds. The number of aromatic nitrogens is 5. The maximum absolute atomic E-state index is 14.6. The van der Waals surface area contributed by atoms with Crippen molar-refractivity contribution in [3.8, 4) is 0 Å². The molecule has 2 aliphatic rings. The molecule has 1 aliphatic heterocycles. The van der Waals surface area contributed by atoms with Gasteiger partial charge < -0.3 is 20.7 Å². The molecule has 0 spiro atoms. The van der Waals surface area contributed by atoms with Crippen molar-refractivity contribution >= 4 is 35.4 Å². The first-order valence-electron chi connectivity index (χ1n) is 17.5. The van der Waals surface area contributed by atoms with Crippen molar-refractivity contribution in [2.24, 2.45) is 5.92 Å². The fraction of sp³-hybridized carbons (Fsp3) is 0.378. The van der Waals surface area contributed by atoms with E-state index in [1.807, 2.05) is 60.7 Å². The van der Waals surface area contributed by atoms with Crippen molar-refractivity contribution in [3.63, 3.8) is 0 Å². The van der Waals surface area contributed by atoms with E-state index in [1.165, 1.54) is 11.1 Å². The number of fused-ring (bicyclic) bond motifs is 1. The van der Waals surface area contributed by atoms with E-state index in [2.05, 4.69) is 41.6 Å². The van der Waals surface area contributed by atoms with Gasteiger partial charge in [0.2, 0.25) is 17.7 Å². The Morgan fingerprint density at radius 3 is 2.35 bits per heavy atom. The van der Waals surface area contributed by atoms with Gasteiger partial charge in [0.15, 0.2) is 5.82 Å². The third-order valence-electron chi connectivity index (χ3n) is 9.34. The van der Waals surface area contributed by atoms with Crippen molar-refractivity contribution in [1.29, 1.82) is 0 Å². The summed E-state index contributed by atoms with van der Waals surface area (Å²) in [5.41, 5.74) is 2.27. The number of carbonyl (C=O) groups excluding carboxylic acids is 5. The van der Waals surface area contributed by atoms with Crippen LogP contribution in [0.4, 0.5) is 5.82 Å². The van der Waals surface area contributed by atoms with Crippen LogP contribution in [-0.4, -0.2) is 73.3 Å². The lowest BCUT2D eigenvalue weighted by Gasteiger charge is -2.30. The van der Waals surface area contributed by atoms with Crippen molar-refractivity contribution in [1.82, 2.24) is 41.6 Å². The first-order valence-corrected chi connectivity index (χ1v) is 17.5. The Bertz CT molecular complexity index is 1830. The van der Waals surface area contributed by atoms with E-state index < -0.39 is 41.8 Å². The monoisotopic (exact) mass is 707 g/mol. The molecule has 0 bridgehead atoms. The molecule has 52 heavy (non-hydrogen) atoms. The van der Waals surface area contributed by atoms with E-state index in [1.54, 1.807) is 12.1 Å². The number of nitrogens with one attached hydrogen (secondary N) is 4. The number of amides is 4. The predicted molar refractivity (Wildman–Crippen MR) is 187 cm³/mol.